The van der Waals surface area contributed by atoms with Crippen molar-refractivity contribution in [1.29, 1.82) is 0 Å². The average molecular weight is 345 g/mol. The molecule has 0 aliphatic heterocycles. The molecule has 1 aromatic heterocycles. The molecule has 1 atom stereocenters. The van der Waals surface area contributed by atoms with E-state index in [9.17, 15) is 23.1 Å². The molecule has 1 heterocycles. The van der Waals surface area contributed by atoms with Crippen molar-refractivity contribution in [3.8, 4) is 5.75 Å². The summed E-state index contributed by atoms with van der Waals surface area (Å²) in [6, 6.07) is 6.43. The molecule has 4 nitrogen and oxygen atoms in total. The molecule has 2 rings (SSSR count). The van der Waals surface area contributed by atoms with Gasteiger partial charge in [0.25, 0.3) is 5.91 Å². The number of nitrogens with one attached hydrogen (secondary N) is 1. The molecule has 124 valence electrons. The van der Waals surface area contributed by atoms with Gasteiger partial charge in [-0.2, -0.15) is 11.3 Å². The Kier molecular flexibility index (Phi) is 5.62. The maximum Gasteiger partial charge on any atom is 0.573 e. The summed E-state index contributed by atoms with van der Waals surface area (Å²) < 4.78 is 39.8. The molecule has 0 aliphatic carbocycles. The minimum absolute atomic E-state index is 0.213. The van der Waals surface area contributed by atoms with E-state index in [1.165, 1.54) is 23.5 Å². The second kappa shape index (κ2) is 7.47. The Bertz CT molecular complexity index is 626. The van der Waals surface area contributed by atoms with Crippen molar-refractivity contribution in [2.45, 2.75) is 18.9 Å². The maximum atomic E-state index is 12.0. The molecule has 0 bridgehead atoms. The summed E-state index contributed by atoms with van der Waals surface area (Å²) in [5, 5.41) is 16.1. The fourth-order valence-corrected chi connectivity index (χ4v) is 2.57. The highest BCUT2D eigenvalue weighted by Gasteiger charge is 2.31. The monoisotopic (exact) mass is 345 g/mol. The number of ether oxygens (including phenoxy) is 1. The summed E-state index contributed by atoms with van der Waals surface area (Å²) >= 11 is 1.47. The standard InChI is InChI=1S/C15H14F3NO3S/c16-15(17,18)22-12-3-1-10(2-4-12)14(21)19-7-5-13(20)11-6-8-23-9-11/h1-4,6,8-9,13,20H,5,7H2,(H,19,21)/t13-/m0/s1. The summed E-state index contributed by atoms with van der Waals surface area (Å²) in [7, 11) is 0. The first-order valence-corrected chi connectivity index (χ1v) is 7.63. The van der Waals surface area contributed by atoms with Crippen LogP contribution in [0.1, 0.15) is 28.4 Å². The molecule has 23 heavy (non-hydrogen) atoms. The van der Waals surface area contributed by atoms with Crippen LogP contribution in [0.2, 0.25) is 0 Å². The fraction of sp³-hybridized carbons (Fsp3) is 0.267. The third kappa shape index (κ3) is 5.57. The van der Waals surface area contributed by atoms with Gasteiger partial charge in [-0.05, 0) is 53.1 Å². The zero-order valence-electron chi connectivity index (χ0n) is 11.8. The highest BCUT2D eigenvalue weighted by molar-refractivity contribution is 7.07. The van der Waals surface area contributed by atoms with Crippen molar-refractivity contribution in [3.63, 3.8) is 0 Å². The largest absolute Gasteiger partial charge is 0.573 e. The Morgan fingerprint density at radius 1 is 1.26 bits per heavy atom. The second-order valence-electron chi connectivity index (χ2n) is 4.69. The van der Waals surface area contributed by atoms with Crippen LogP contribution in [0.3, 0.4) is 0 Å². The van der Waals surface area contributed by atoms with Crippen LogP contribution >= 0.6 is 11.3 Å². The Labute approximate surface area is 134 Å². The first-order chi connectivity index (χ1) is 10.8. The zero-order valence-corrected chi connectivity index (χ0v) is 12.7. The molecule has 0 aliphatic rings. The van der Waals surface area contributed by atoms with Crippen molar-refractivity contribution in [2.24, 2.45) is 0 Å². The first-order valence-electron chi connectivity index (χ1n) is 6.69. The minimum Gasteiger partial charge on any atom is -0.406 e. The van der Waals surface area contributed by atoms with Gasteiger partial charge in [-0.3, -0.25) is 4.79 Å². The number of carbonyl (C=O) groups excluding carboxylic acids is 1. The maximum absolute atomic E-state index is 12.0. The van der Waals surface area contributed by atoms with Gasteiger partial charge in [-0.1, -0.05) is 0 Å². The van der Waals surface area contributed by atoms with Gasteiger partial charge in [0, 0.05) is 12.1 Å². The molecule has 1 aromatic carbocycles. The van der Waals surface area contributed by atoms with Crippen LogP contribution in [0.5, 0.6) is 5.75 Å². The number of aliphatic hydroxyl groups excluding tert-OH is 1. The minimum atomic E-state index is -4.76. The van der Waals surface area contributed by atoms with Crippen LogP contribution in [0.15, 0.2) is 41.1 Å². The number of hydrogen-bond donors (Lipinski definition) is 2. The van der Waals surface area contributed by atoms with E-state index in [0.29, 0.717) is 6.42 Å². The normalized spacial score (nSPS) is 12.7. The number of amides is 1. The molecule has 0 fully saturated rings. The van der Waals surface area contributed by atoms with E-state index < -0.39 is 18.4 Å². The number of rotatable bonds is 6. The molecule has 8 heteroatoms. The average Bonchev–Trinajstić information content (AvgIpc) is 3.00. The van der Waals surface area contributed by atoms with Gasteiger partial charge >= 0.3 is 6.36 Å². The predicted octanol–water partition coefficient (Wildman–Crippen LogP) is 3.50. The van der Waals surface area contributed by atoms with Gasteiger partial charge in [0.15, 0.2) is 0 Å². The molecule has 0 saturated heterocycles. The molecular weight excluding hydrogens is 331 g/mol. The number of alkyl halides is 3. The fourth-order valence-electron chi connectivity index (χ4n) is 1.86. The third-order valence-corrected chi connectivity index (χ3v) is 3.68. The van der Waals surface area contributed by atoms with E-state index in [2.05, 4.69) is 10.1 Å². The van der Waals surface area contributed by atoms with Gasteiger partial charge in [0.2, 0.25) is 0 Å². The van der Waals surface area contributed by atoms with E-state index in [-0.39, 0.29) is 17.9 Å². The third-order valence-electron chi connectivity index (χ3n) is 2.98. The number of carbonyl (C=O) groups is 1. The van der Waals surface area contributed by atoms with Gasteiger partial charge in [0.05, 0.1) is 6.10 Å². The number of thiophene rings is 1. The first kappa shape index (κ1) is 17.3. The second-order valence-corrected chi connectivity index (χ2v) is 5.47. The van der Waals surface area contributed by atoms with Crippen LogP contribution in [0.25, 0.3) is 0 Å². The van der Waals surface area contributed by atoms with Crippen LogP contribution in [-0.4, -0.2) is 23.9 Å². The summed E-state index contributed by atoms with van der Waals surface area (Å²) in [5.41, 5.74) is 1.00. The topological polar surface area (TPSA) is 58.6 Å². The Balaban J connectivity index is 1.81. The SMILES string of the molecule is O=C(NCC[C@H](O)c1ccsc1)c1ccc(OC(F)(F)F)cc1. The lowest BCUT2D eigenvalue weighted by atomic mass is 10.1. The Hall–Kier alpha value is -2.06. The van der Waals surface area contributed by atoms with Gasteiger partial charge < -0.3 is 15.2 Å². The number of benzene rings is 1. The zero-order chi connectivity index (χ0) is 16.9. The highest BCUT2D eigenvalue weighted by Crippen LogP contribution is 2.23. The molecule has 0 spiro atoms. The van der Waals surface area contributed by atoms with Crippen molar-refractivity contribution in [3.05, 3.63) is 52.2 Å². The molecule has 1 amide bonds. The predicted molar refractivity (Wildman–Crippen MR) is 79.4 cm³/mol. The lowest BCUT2D eigenvalue weighted by molar-refractivity contribution is -0.274. The van der Waals surface area contributed by atoms with E-state index in [0.717, 1.165) is 17.7 Å². The van der Waals surface area contributed by atoms with E-state index in [1.54, 1.807) is 6.07 Å². The van der Waals surface area contributed by atoms with E-state index in [1.807, 2.05) is 10.8 Å². The number of hydrogen-bond acceptors (Lipinski definition) is 4. The highest BCUT2D eigenvalue weighted by atomic mass is 32.1. The van der Waals surface area contributed by atoms with Crippen molar-refractivity contribution in [1.82, 2.24) is 5.32 Å². The molecular formula is C15H14F3NO3S. The number of aliphatic hydroxyl groups is 1. The number of halogens is 3. The summed E-state index contributed by atoms with van der Waals surface area (Å²) in [6.45, 7) is 0.247. The summed E-state index contributed by atoms with van der Waals surface area (Å²) in [4.78, 5) is 11.9. The summed E-state index contributed by atoms with van der Waals surface area (Å²) in [5.74, 6) is -0.817. The molecule has 0 unspecified atom stereocenters. The van der Waals surface area contributed by atoms with Gasteiger partial charge in [-0.25, -0.2) is 0 Å². The molecule has 2 aromatic rings. The van der Waals surface area contributed by atoms with Crippen LogP contribution < -0.4 is 10.1 Å². The Morgan fingerprint density at radius 2 is 1.96 bits per heavy atom. The Morgan fingerprint density at radius 3 is 2.52 bits per heavy atom. The lowest BCUT2D eigenvalue weighted by Gasteiger charge is -2.11. The quantitative estimate of drug-likeness (QED) is 0.842. The van der Waals surface area contributed by atoms with Crippen molar-refractivity contribution in [2.75, 3.05) is 6.54 Å². The lowest BCUT2D eigenvalue weighted by Crippen LogP contribution is -2.25. The molecule has 0 saturated carbocycles. The summed E-state index contributed by atoms with van der Waals surface area (Å²) in [6.07, 6.45) is -5.08. The van der Waals surface area contributed by atoms with Crippen molar-refractivity contribution < 1.29 is 27.8 Å². The van der Waals surface area contributed by atoms with Gasteiger partial charge in [0.1, 0.15) is 5.75 Å². The molecule has 2 N–H and O–H groups in total. The van der Waals surface area contributed by atoms with E-state index >= 15 is 0 Å². The smallest absolute Gasteiger partial charge is 0.406 e. The van der Waals surface area contributed by atoms with E-state index in [4.69, 9.17) is 0 Å². The molecule has 0 radical (unpaired) electrons. The van der Waals surface area contributed by atoms with Crippen LogP contribution in [-0.2, 0) is 0 Å². The van der Waals surface area contributed by atoms with Crippen molar-refractivity contribution >= 4 is 17.2 Å². The van der Waals surface area contributed by atoms with Crippen LogP contribution in [0, 0.1) is 0 Å². The van der Waals surface area contributed by atoms with Crippen LogP contribution in [0.4, 0.5) is 13.2 Å². The van der Waals surface area contributed by atoms with Gasteiger partial charge in [-0.15, -0.1) is 13.2 Å².